The highest BCUT2D eigenvalue weighted by Crippen LogP contribution is 2.69. The van der Waals surface area contributed by atoms with E-state index in [0.29, 0.717) is 12.8 Å². The van der Waals surface area contributed by atoms with E-state index in [1.807, 2.05) is 47.0 Å². The predicted molar refractivity (Wildman–Crippen MR) is 133 cm³/mol. The van der Waals surface area contributed by atoms with Gasteiger partial charge in [-0.3, -0.25) is 0 Å². The highest BCUT2D eigenvalue weighted by molar-refractivity contribution is 8.45. The zero-order chi connectivity index (χ0) is 18.6. The van der Waals surface area contributed by atoms with Crippen molar-refractivity contribution in [1.29, 1.82) is 10.5 Å². The summed E-state index contributed by atoms with van der Waals surface area (Å²) in [5.74, 6) is 1.68. The van der Waals surface area contributed by atoms with Crippen LogP contribution in [0.25, 0.3) is 0 Å². The van der Waals surface area contributed by atoms with E-state index in [9.17, 15) is 0 Å². The van der Waals surface area contributed by atoms with Gasteiger partial charge in [0, 0.05) is 34.8 Å². The topological polar surface area (TPSA) is 47.6 Å². The molecule has 0 spiro atoms. The Bertz CT molecular complexity index is 728. The highest BCUT2D eigenvalue weighted by atomic mass is 32.3. The van der Waals surface area contributed by atoms with Gasteiger partial charge < -0.3 is 0 Å². The first-order valence-electron chi connectivity index (χ1n) is 8.55. The molecule has 0 aromatic carbocycles. The van der Waals surface area contributed by atoms with Gasteiger partial charge in [-0.1, -0.05) is 53.5 Å². The first-order valence-corrected chi connectivity index (χ1v) is 15.5. The van der Waals surface area contributed by atoms with Crippen molar-refractivity contribution in [1.82, 2.24) is 0 Å². The molecule has 1 fully saturated rings. The first kappa shape index (κ1) is 21.2. The molecule has 0 bridgehead atoms. The first-order chi connectivity index (χ1) is 13.3. The lowest BCUT2D eigenvalue weighted by atomic mass is 10.4. The fourth-order valence-electron chi connectivity index (χ4n) is 2.85. The molecule has 4 rings (SSSR count). The summed E-state index contributed by atoms with van der Waals surface area (Å²) >= 11 is 15.5. The average molecular weight is 505 g/mol. The quantitative estimate of drug-likeness (QED) is 0.332. The molecule has 1 saturated carbocycles. The van der Waals surface area contributed by atoms with Crippen molar-refractivity contribution in [3.63, 3.8) is 0 Å². The van der Waals surface area contributed by atoms with Crippen LogP contribution in [-0.4, -0.2) is 22.0 Å². The van der Waals surface area contributed by atoms with Crippen LogP contribution in [0.4, 0.5) is 0 Å². The minimum Gasteiger partial charge on any atom is -0.198 e. The van der Waals surface area contributed by atoms with Crippen LogP contribution < -0.4 is 0 Å². The Morgan fingerprint density at radius 3 is 1.70 bits per heavy atom. The molecule has 2 unspecified atom stereocenters. The Labute approximate surface area is 194 Å². The van der Waals surface area contributed by atoms with Gasteiger partial charge in [0.2, 0.25) is 0 Å². The van der Waals surface area contributed by atoms with Gasteiger partial charge in [-0.15, -0.1) is 47.0 Å². The monoisotopic (exact) mass is 504 g/mol. The van der Waals surface area contributed by atoms with Gasteiger partial charge in [-0.05, 0) is 12.8 Å². The highest BCUT2D eigenvalue weighted by Gasteiger charge is 2.40. The molecule has 4 aliphatic rings. The van der Waals surface area contributed by atoms with E-state index in [1.165, 1.54) is 44.7 Å². The van der Waals surface area contributed by atoms with Crippen LogP contribution in [0.3, 0.4) is 0 Å². The molecular weight excluding hydrogens is 489 g/mol. The molecule has 3 aliphatic heterocycles. The zero-order valence-electron chi connectivity index (χ0n) is 14.3. The van der Waals surface area contributed by atoms with Crippen LogP contribution in [0, 0.1) is 22.7 Å². The summed E-state index contributed by atoms with van der Waals surface area (Å²) in [5.41, 5.74) is 0. The minimum atomic E-state index is 0.580. The largest absolute Gasteiger partial charge is 0.198 e. The van der Waals surface area contributed by atoms with Gasteiger partial charge in [-0.25, -0.2) is 0 Å². The number of nitriles is 2. The molecule has 0 saturated heterocycles. The summed E-state index contributed by atoms with van der Waals surface area (Å²) in [6, 6.07) is 4.47. The Kier molecular flexibility index (Phi) is 8.14. The maximum absolute atomic E-state index is 8.83. The predicted octanol–water partition coefficient (Wildman–Crippen LogP) is 8.02. The lowest BCUT2D eigenvalue weighted by Gasteiger charge is -2.24. The molecule has 3 heterocycles. The van der Waals surface area contributed by atoms with Crippen molar-refractivity contribution in [2.45, 2.75) is 42.6 Å². The van der Waals surface area contributed by atoms with Gasteiger partial charge in [0.25, 0.3) is 0 Å². The summed E-state index contributed by atoms with van der Waals surface area (Å²) < 4.78 is 8.53. The normalized spacial score (nSPS) is 27.0. The zero-order valence-corrected chi connectivity index (χ0v) is 20.8. The number of hydrogen-bond donors (Lipinski definition) is 0. The second-order valence-electron chi connectivity index (χ2n) is 5.89. The lowest BCUT2D eigenvalue weighted by molar-refractivity contribution is 0.891. The molecule has 0 aromatic rings. The number of nitrogens with zero attached hydrogens (tertiary/aromatic N) is 2. The van der Waals surface area contributed by atoms with E-state index in [4.69, 9.17) is 10.5 Å². The Morgan fingerprint density at radius 2 is 1.22 bits per heavy atom. The molecule has 10 heteroatoms. The number of fused-ring (bicyclic) bond motifs is 1. The second-order valence-corrected chi connectivity index (χ2v) is 16.2. The third-order valence-corrected chi connectivity index (χ3v) is 16.5. The minimum absolute atomic E-state index is 0.580. The van der Waals surface area contributed by atoms with Crippen molar-refractivity contribution in [2.24, 2.45) is 0 Å². The Hall–Kier alpha value is 1.000. The van der Waals surface area contributed by atoms with Crippen LogP contribution in [-0.2, 0) is 0 Å². The van der Waals surface area contributed by atoms with Crippen molar-refractivity contribution >= 4 is 94.1 Å². The molecule has 0 amide bonds. The lowest BCUT2D eigenvalue weighted by Crippen LogP contribution is -2.14. The summed E-state index contributed by atoms with van der Waals surface area (Å²) in [7, 11) is 0. The van der Waals surface area contributed by atoms with Gasteiger partial charge in [0.15, 0.2) is 0 Å². The molecule has 1 aliphatic carbocycles. The van der Waals surface area contributed by atoms with E-state index < -0.39 is 0 Å². The number of rotatable bonds is 6. The van der Waals surface area contributed by atoms with Crippen molar-refractivity contribution in [3.05, 3.63) is 25.4 Å². The van der Waals surface area contributed by atoms with Gasteiger partial charge in [0.1, 0.15) is 0 Å². The summed E-state index contributed by atoms with van der Waals surface area (Å²) in [6.45, 7) is 0. The van der Waals surface area contributed by atoms with Gasteiger partial charge in [0.05, 0.1) is 37.6 Å². The number of thioether (sulfide) groups is 8. The van der Waals surface area contributed by atoms with Gasteiger partial charge >= 0.3 is 0 Å². The molecule has 27 heavy (non-hydrogen) atoms. The van der Waals surface area contributed by atoms with Gasteiger partial charge in [-0.2, -0.15) is 10.5 Å². The standard InChI is InChI=1S/C17H16N2S8/c18-6-2-8-20-12-13(21-9-3-7-19)25-16(24-12)17-26-14-15(27-17)23-11-5-1-4-10(11)22-14/h10-11H,1-5,8-9H2. The maximum atomic E-state index is 8.83. The SMILES string of the molecule is N#CCCSC1=C(SCCC#N)SC(=C2SC3=C(S2)SC2CCCC2S3)S1. The van der Waals surface area contributed by atoms with Crippen LogP contribution in [0.5, 0.6) is 0 Å². The maximum Gasteiger partial charge on any atom is 0.0717 e. The summed E-state index contributed by atoms with van der Waals surface area (Å²) in [6.07, 6.45) is 5.30. The Balaban J connectivity index is 1.43. The van der Waals surface area contributed by atoms with Crippen molar-refractivity contribution in [2.75, 3.05) is 11.5 Å². The molecule has 0 aromatic heterocycles. The van der Waals surface area contributed by atoms with E-state index in [1.54, 1.807) is 23.5 Å². The van der Waals surface area contributed by atoms with Crippen LogP contribution >= 0.6 is 94.1 Å². The summed E-state index contributed by atoms with van der Waals surface area (Å²) in [4.78, 5) is 0. The molecule has 0 radical (unpaired) electrons. The third kappa shape index (κ3) is 5.19. The summed E-state index contributed by atoms with van der Waals surface area (Å²) in [5, 5.41) is 19.3. The van der Waals surface area contributed by atoms with Crippen LogP contribution in [0.15, 0.2) is 25.4 Å². The fraction of sp³-hybridized carbons (Fsp3) is 0.529. The third-order valence-electron chi connectivity index (χ3n) is 4.04. The van der Waals surface area contributed by atoms with Crippen LogP contribution in [0.2, 0.25) is 0 Å². The number of hydrogen-bond acceptors (Lipinski definition) is 10. The van der Waals surface area contributed by atoms with Crippen molar-refractivity contribution < 1.29 is 0 Å². The Morgan fingerprint density at radius 1 is 0.741 bits per heavy atom. The van der Waals surface area contributed by atoms with E-state index in [2.05, 4.69) is 35.7 Å². The smallest absolute Gasteiger partial charge is 0.0717 e. The molecule has 142 valence electrons. The molecule has 2 atom stereocenters. The van der Waals surface area contributed by atoms with E-state index in [0.717, 1.165) is 22.0 Å². The van der Waals surface area contributed by atoms with Crippen molar-refractivity contribution in [3.8, 4) is 12.1 Å². The van der Waals surface area contributed by atoms with E-state index in [-0.39, 0.29) is 0 Å². The second kappa shape index (κ2) is 10.3. The molecular formula is C17H16N2S8. The molecule has 2 nitrogen and oxygen atoms in total. The average Bonchev–Trinajstić information content (AvgIpc) is 3.37. The fourth-order valence-corrected chi connectivity index (χ4v) is 15.8. The molecule has 0 N–H and O–H groups in total. The van der Waals surface area contributed by atoms with Crippen LogP contribution in [0.1, 0.15) is 32.1 Å². The van der Waals surface area contributed by atoms with E-state index >= 15 is 0 Å².